The van der Waals surface area contributed by atoms with E-state index >= 15 is 0 Å². The van der Waals surface area contributed by atoms with Gasteiger partial charge < -0.3 is 14.6 Å². The SMILES string of the molecule is CC[C@H](NC(=O)c1ccc([C@@H]2SCC(=O)N2Cc2ccco2)cc1)c1ccc(C)cc1C. The van der Waals surface area contributed by atoms with E-state index in [2.05, 4.69) is 44.3 Å². The van der Waals surface area contributed by atoms with E-state index < -0.39 is 0 Å². The van der Waals surface area contributed by atoms with E-state index in [-0.39, 0.29) is 23.2 Å². The van der Waals surface area contributed by atoms with E-state index in [0.29, 0.717) is 17.9 Å². The lowest BCUT2D eigenvalue weighted by Gasteiger charge is -2.23. The van der Waals surface area contributed by atoms with Gasteiger partial charge in [0.25, 0.3) is 5.91 Å². The van der Waals surface area contributed by atoms with Crippen molar-refractivity contribution in [1.82, 2.24) is 10.2 Å². The van der Waals surface area contributed by atoms with Crippen molar-refractivity contribution in [3.8, 4) is 0 Å². The van der Waals surface area contributed by atoms with Crippen molar-refractivity contribution in [2.24, 2.45) is 0 Å². The van der Waals surface area contributed by atoms with Gasteiger partial charge in [-0.1, -0.05) is 42.8 Å². The Morgan fingerprint density at radius 2 is 1.97 bits per heavy atom. The Kier molecular flexibility index (Phi) is 6.70. The molecule has 4 rings (SSSR count). The van der Waals surface area contributed by atoms with Gasteiger partial charge in [-0.15, -0.1) is 11.8 Å². The summed E-state index contributed by atoms with van der Waals surface area (Å²) in [5.74, 6) is 1.21. The van der Waals surface area contributed by atoms with Gasteiger partial charge in [-0.25, -0.2) is 0 Å². The normalized spacial score (nSPS) is 16.9. The number of furan rings is 1. The molecule has 5 nitrogen and oxygen atoms in total. The number of carbonyl (C=O) groups is 2. The average Bonchev–Trinajstić information content (AvgIpc) is 3.43. The van der Waals surface area contributed by atoms with Gasteiger partial charge in [0.2, 0.25) is 5.91 Å². The smallest absolute Gasteiger partial charge is 0.251 e. The van der Waals surface area contributed by atoms with Crippen LogP contribution in [0.2, 0.25) is 0 Å². The third kappa shape index (κ3) is 4.75. The summed E-state index contributed by atoms with van der Waals surface area (Å²) >= 11 is 1.60. The zero-order chi connectivity index (χ0) is 22.7. The van der Waals surface area contributed by atoms with E-state index in [4.69, 9.17) is 4.42 Å². The summed E-state index contributed by atoms with van der Waals surface area (Å²) in [6, 6.07) is 17.6. The second-order valence-corrected chi connectivity index (χ2v) is 9.25. The fraction of sp³-hybridized carbons (Fsp3) is 0.308. The van der Waals surface area contributed by atoms with Crippen LogP contribution in [0.5, 0.6) is 0 Å². The lowest BCUT2D eigenvalue weighted by atomic mass is 9.97. The number of carbonyl (C=O) groups excluding carboxylic acids is 2. The Morgan fingerprint density at radius 1 is 1.19 bits per heavy atom. The van der Waals surface area contributed by atoms with Crippen molar-refractivity contribution in [2.45, 2.75) is 45.2 Å². The minimum Gasteiger partial charge on any atom is -0.467 e. The topological polar surface area (TPSA) is 62.6 Å². The second kappa shape index (κ2) is 9.65. The molecule has 0 radical (unpaired) electrons. The van der Waals surface area contributed by atoms with Gasteiger partial charge in [-0.2, -0.15) is 0 Å². The van der Waals surface area contributed by atoms with Crippen LogP contribution in [0.1, 0.15) is 63.1 Å². The van der Waals surface area contributed by atoms with Gasteiger partial charge in [0, 0.05) is 5.56 Å². The van der Waals surface area contributed by atoms with Gasteiger partial charge in [0.05, 0.1) is 24.6 Å². The summed E-state index contributed by atoms with van der Waals surface area (Å²) in [5.41, 5.74) is 5.17. The van der Waals surface area contributed by atoms with Crippen molar-refractivity contribution in [1.29, 1.82) is 0 Å². The number of amides is 2. The van der Waals surface area contributed by atoms with Crippen molar-refractivity contribution in [2.75, 3.05) is 5.75 Å². The number of hydrogen-bond acceptors (Lipinski definition) is 4. The minimum atomic E-state index is -0.0917. The highest BCUT2D eigenvalue weighted by Crippen LogP contribution is 2.39. The predicted molar refractivity (Wildman–Crippen MR) is 127 cm³/mol. The van der Waals surface area contributed by atoms with E-state index in [1.807, 2.05) is 41.3 Å². The third-order valence-corrected chi connectivity index (χ3v) is 7.10. The zero-order valence-corrected chi connectivity index (χ0v) is 19.4. The first-order valence-electron chi connectivity index (χ1n) is 10.9. The molecule has 2 aromatic carbocycles. The number of nitrogens with zero attached hydrogens (tertiary/aromatic N) is 1. The van der Waals surface area contributed by atoms with Crippen molar-refractivity contribution in [3.05, 3.63) is 94.4 Å². The van der Waals surface area contributed by atoms with Crippen molar-refractivity contribution in [3.63, 3.8) is 0 Å². The number of thioether (sulfide) groups is 1. The van der Waals surface area contributed by atoms with Crippen LogP contribution in [-0.4, -0.2) is 22.5 Å². The van der Waals surface area contributed by atoms with Crippen LogP contribution in [-0.2, 0) is 11.3 Å². The third-order valence-electron chi connectivity index (χ3n) is 5.85. The largest absolute Gasteiger partial charge is 0.467 e. The molecule has 166 valence electrons. The summed E-state index contributed by atoms with van der Waals surface area (Å²) in [5, 5.41) is 3.09. The molecular formula is C26H28N2O3S. The van der Waals surface area contributed by atoms with Crippen molar-refractivity contribution >= 4 is 23.6 Å². The van der Waals surface area contributed by atoms with Crippen LogP contribution < -0.4 is 5.32 Å². The molecule has 1 fully saturated rings. The predicted octanol–water partition coefficient (Wildman–Crippen LogP) is 5.55. The maximum absolute atomic E-state index is 12.9. The molecule has 3 aromatic rings. The van der Waals surface area contributed by atoms with Gasteiger partial charge in [-0.3, -0.25) is 9.59 Å². The number of rotatable bonds is 7. The molecule has 1 saturated heterocycles. The molecule has 32 heavy (non-hydrogen) atoms. The molecule has 0 aliphatic carbocycles. The highest BCUT2D eigenvalue weighted by atomic mass is 32.2. The highest BCUT2D eigenvalue weighted by molar-refractivity contribution is 8.00. The Hall–Kier alpha value is -2.99. The fourth-order valence-electron chi connectivity index (χ4n) is 4.13. The maximum atomic E-state index is 12.9. The Morgan fingerprint density at radius 3 is 2.62 bits per heavy atom. The Bertz CT molecular complexity index is 1090. The number of nitrogens with one attached hydrogen (secondary N) is 1. The molecule has 2 amide bonds. The highest BCUT2D eigenvalue weighted by Gasteiger charge is 2.33. The number of benzene rings is 2. The number of hydrogen-bond donors (Lipinski definition) is 1. The number of aryl methyl sites for hydroxylation is 2. The van der Waals surface area contributed by atoms with Crippen LogP contribution >= 0.6 is 11.8 Å². The van der Waals surface area contributed by atoms with Crippen LogP contribution in [0, 0.1) is 13.8 Å². The summed E-state index contributed by atoms with van der Waals surface area (Å²) in [4.78, 5) is 27.2. The summed E-state index contributed by atoms with van der Waals surface area (Å²) in [6.07, 6.45) is 2.43. The van der Waals surface area contributed by atoms with Gasteiger partial charge >= 0.3 is 0 Å². The standard InChI is InChI=1S/C26H28N2O3S/c1-4-23(22-12-7-17(2)14-18(22)3)27-25(30)19-8-10-20(11-9-19)26-28(24(29)16-32-26)15-21-6-5-13-31-21/h5-14,23,26H,4,15-16H2,1-3H3,(H,27,30)/t23-,26-/m0/s1. The van der Waals surface area contributed by atoms with Crippen LogP contribution in [0.4, 0.5) is 0 Å². The molecule has 0 saturated carbocycles. The molecule has 1 N–H and O–H groups in total. The van der Waals surface area contributed by atoms with Crippen LogP contribution in [0.25, 0.3) is 0 Å². The molecule has 0 spiro atoms. The molecule has 2 atom stereocenters. The first-order chi connectivity index (χ1) is 15.5. The van der Waals surface area contributed by atoms with E-state index in [1.54, 1.807) is 18.0 Å². The van der Waals surface area contributed by atoms with Crippen LogP contribution in [0.3, 0.4) is 0 Å². The summed E-state index contributed by atoms with van der Waals surface area (Å²) in [7, 11) is 0. The molecule has 1 aromatic heterocycles. The Balaban J connectivity index is 1.46. The minimum absolute atomic E-state index is 0.0328. The average molecular weight is 449 g/mol. The lowest BCUT2D eigenvalue weighted by Crippen LogP contribution is -2.29. The Labute approximate surface area is 193 Å². The molecular weight excluding hydrogens is 420 g/mol. The van der Waals surface area contributed by atoms with Gasteiger partial charge in [0.15, 0.2) is 0 Å². The molecule has 6 heteroatoms. The quantitative estimate of drug-likeness (QED) is 0.515. The monoisotopic (exact) mass is 448 g/mol. The molecule has 1 aliphatic rings. The molecule has 0 unspecified atom stereocenters. The first-order valence-corrected chi connectivity index (χ1v) is 11.9. The lowest BCUT2D eigenvalue weighted by molar-refractivity contribution is -0.128. The molecule has 2 heterocycles. The molecule has 1 aliphatic heterocycles. The molecule has 0 bridgehead atoms. The maximum Gasteiger partial charge on any atom is 0.251 e. The van der Waals surface area contributed by atoms with Gasteiger partial charge in [-0.05, 0) is 61.2 Å². The van der Waals surface area contributed by atoms with Crippen molar-refractivity contribution < 1.29 is 14.0 Å². The van der Waals surface area contributed by atoms with Crippen LogP contribution in [0.15, 0.2) is 65.3 Å². The zero-order valence-electron chi connectivity index (χ0n) is 18.6. The van der Waals surface area contributed by atoms with E-state index in [0.717, 1.165) is 23.3 Å². The fourth-order valence-corrected chi connectivity index (χ4v) is 5.32. The van der Waals surface area contributed by atoms with E-state index in [1.165, 1.54) is 11.1 Å². The van der Waals surface area contributed by atoms with E-state index in [9.17, 15) is 9.59 Å². The first kappa shape index (κ1) is 22.2. The van der Waals surface area contributed by atoms with Gasteiger partial charge in [0.1, 0.15) is 11.1 Å². The second-order valence-electron chi connectivity index (χ2n) is 8.18. The summed E-state index contributed by atoms with van der Waals surface area (Å²) in [6.45, 7) is 6.68. The summed E-state index contributed by atoms with van der Waals surface area (Å²) < 4.78 is 5.42.